The molecule has 2 aromatic rings. The second-order valence-electron chi connectivity index (χ2n) is 7.25. The van der Waals surface area contributed by atoms with E-state index >= 15 is 0 Å². The summed E-state index contributed by atoms with van der Waals surface area (Å²) in [6, 6.07) is 10.3. The number of aromatic nitrogens is 4. The van der Waals surface area contributed by atoms with Crippen molar-refractivity contribution in [2.24, 2.45) is 11.8 Å². The molecule has 1 aliphatic carbocycles. The summed E-state index contributed by atoms with van der Waals surface area (Å²) in [5.74, 6) is 1.25. The van der Waals surface area contributed by atoms with Crippen LogP contribution in [0.1, 0.15) is 45.6 Å². The number of amides is 1. The third-order valence-electron chi connectivity index (χ3n) is 5.36. The van der Waals surface area contributed by atoms with Crippen LogP contribution in [-0.4, -0.2) is 37.4 Å². The Labute approximate surface area is 159 Å². The average Bonchev–Trinajstić information content (AvgIpc) is 3.06. The van der Waals surface area contributed by atoms with Crippen molar-refractivity contribution in [1.82, 2.24) is 25.5 Å². The third-order valence-corrected chi connectivity index (χ3v) is 6.43. The lowest BCUT2D eigenvalue weighted by Crippen LogP contribution is -2.46. The van der Waals surface area contributed by atoms with Crippen LogP contribution in [0.2, 0.25) is 0 Å². The maximum atomic E-state index is 12.6. The van der Waals surface area contributed by atoms with Crippen LogP contribution in [-0.2, 0) is 11.3 Å². The number of tetrazole rings is 1. The summed E-state index contributed by atoms with van der Waals surface area (Å²) in [5, 5.41) is 15.6. The predicted molar refractivity (Wildman–Crippen MR) is 103 cm³/mol. The largest absolute Gasteiger partial charge is 0.352 e. The number of rotatable bonds is 6. The maximum Gasteiger partial charge on any atom is 0.233 e. The van der Waals surface area contributed by atoms with E-state index in [0.29, 0.717) is 23.5 Å². The van der Waals surface area contributed by atoms with Gasteiger partial charge in [0, 0.05) is 6.04 Å². The Balaban J connectivity index is 1.59. The molecule has 0 spiro atoms. The van der Waals surface area contributed by atoms with E-state index in [1.54, 1.807) is 4.68 Å². The quantitative estimate of drug-likeness (QED) is 0.788. The highest BCUT2D eigenvalue weighted by Gasteiger charge is 2.29. The molecule has 0 radical (unpaired) electrons. The highest BCUT2D eigenvalue weighted by molar-refractivity contribution is 8.00. The van der Waals surface area contributed by atoms with Crippen LogP contribution in [0.5, 0.6) is 0 Å². The van der Waals surface area contributed by atoms with Crippen molar-refractivity contribution in [3.05, 3.63) is 35.9 Å². The Morgan fingerprint density at radius 1 is 1.31 bits per heavy atom. The molecule has 1 heterocycles. The van der Waals surface area contributed by atoms with Crippen LogP contribution in [0, 0.1) is 11.8 Å². The molecule has 1 aromatic heterocycles. The monoisotopic (exact) mass is 373 g/mol. The molecular weight excluding hydrogens is 346 g/mol. The number of hydrogen-bond acceptors (Lipinski definition) is 5. The summed E-state index contributed by atoms with van der Waals surface area (Å²) >= 11 is 1.41. The number of carbonyl (C=O) groups is 1. The van der Waals surface area contributed by atoms with Gasteiger partial charge in [-0.25, -0.2) is 4.68 Å². The molecule has 6 nitrogen and oxygen atoms in total. The molecule has 1 amide bonds. The van der Waals surface area contributed by atoms with Gasteiger partial charge in [0.15, 0.2) is 0 Å². The van der Waals surface area contributed by atoms with E-state index in [4.69, 9.17) is 0 Å². The van der Waals surface area contributed by atoms with Gasteiger partial charge in [0.1, 0.15) is 0 Å². The lowest BCUT2D eigenvalue weighted by atomic mass is 9.78. The van der Waals surface area contributed by atoms with Gasteiger partial charge in [0.25, 0.3) is 0 Å². The van der Waals surface area contributed by atoms with Gasteiger partial charge in [-0.15, -0.1) is 5.10 Å². The van der Waals surface area contributed by atoms with Crippen LogP contribution in [0.4, 0.5) is 0 Å². The summed E-state index contributed by atoms with van der Waals surface area (Å²) < 4.78 is 1.75. The van der Waals surface area contributed by atoms with Gasteiger partial charge in [-0.3, -0.25) is 4.79 Å². The number of nitrogens with zero attached hydrogens (tertiary/aromatic N) is 4. The van der Waals surface area contributed by atoms with Crippen molar-refractivity contribution < 1.29 is 4.79 Å². The molecule has 140 valence electrons. The minimum Gasteiger partial charge on any atom is -0.352 e. The summed E-state index contributed by atoms with van der Waals surface area (Å²) in [6.45, 7) is 7.03. The minimum atomic E-state index is -0.236. The molecule has 1 saturated carbocycles. The first-order valence-electron chi connectivity index (χ1n) is 9.31. The standard InChI is InChI=1S/C19H27N5OS/c1-13-8-7-11-17(14(13)2)20-18(25)15(3)26-19-21-22-23-24(19)12-16-9-5-4-6-10-16/h4-6,9-10,13-15,17H,7-8,11-12H2,1-3H3,(H,20,25)/t13-,14+,15+,17-/m1/s1. The Morgan fingerprint density at radius 2 is 2.08 bits per heavy atom. The number of nitrogens with one attached hydrogen (secondary N) is 1. The lowest BCUT2D eigenvalue weighted by molar-refractivity contribution is -0.121. The van der Waals surface area contributed by atoms with E-state index in [0.717, 1.165) is 12.0 Å². The molecule has 1 N–H and O–H groups in total. The summed E-state index contributed by atoms with van der Waals surface area (Å²) in [7, 11) is 0. The van der Waals surface area contributed by atoms with E-state index in [2.05, 4.69) is 34.7 Å². The molecule has 1 aromatic carbocycles. The van der Waals surface area contributed by atoms with Crippen molar-refractivity contribution in [2.75, 3.05) is 0 Å². The van der Waals surface area contributed by atoms with Crippen LogP contribution >= 0.6 is 11.8 Å². The van der Waals surface area contributed by atoms with E-state index in [1.165, 1.54) is 24.6 Å². The maximum absolute atomic E-state index is 12.6. The number of benzene rings is 1. The fraction of sp³-hybridized carbons (Fsp3) is 0.579. The highest BCUT2D eigenvalue weighted by Crippen LogP contribution is 2.30. The Kier molecular flexibility index (Phi) is 6.29. The first kappa shape index (κ1) is 18.9. The van der Waals surface area contributed by atoms with E-state index in [1.807, 2.05) is 37.3 Å². The number of thioether (sulfide) groups is 1. The molecule has 0 unspecified atom stereocenters. The smallest absolute Gasteiger partial charge is 0.233 e. The second kappa shape index (κ2) is 8.66. The Morgan fingerprint density at radius 3 is 2.85 bits per heavy atom. The van der Waals surface area contributed by atoms with Gasteiger partial charge >= 0.3 is 0 Å². The molecule has 1 aliphatic rings. The van der Waals surface area contributed by atoms with Crippen molar-refractivity contribution in [2.45, 2.75) is 63.0 Å². The van der Waals surface area contributed by atoms with Gasteiger partial charge in [-0.1, -0.05) is 68.8 Å². The topological polar surface area (TPSA) is 72.7 Å². The van der Waals surface area contributed by atoms with Gasteiger partial charge in [-0.05, 0) is 41.2 Å². The van der Waals surface area contributed by atoms with Crippen LogP contribution in [0.15, 0.2) is 35.5 Å². The second-order valence-corrected chi connectivity index (χ2v) is 8.56. The van der Waals surface area contributed by atoms with E-state index in [-0.39, 0.29) is 17.2 Å². The fourth-order valence-corrected chi connectivity index (χ4v) is 4.23. The third kappa shape index (κ3) is 4.63. The van der Waals surface area contributed by atoms with Crippen LogP contribution in [0.25, 0.3) is 0 Å². The SMILES string of the molecule is C[C@H]1[C@H](C)CCC[C@H]1NC(=O)[C@H](C)Sc1nnnn1Cc1ccccc1. The zero-order valence-corrected chi connectivity index (χ0v) is 16.4. The normalized spacial score (nSPS) is 24.2. The minimum absolute atomic E-state index is 0.0650. The van der Waals surface area contributed by atoms with Crippen LogP contribution in [0.3, 0.4) is 0 Å². The van der Waals surface area contributed by atoms with Crippen LogP contribution < -0.4 is 5.32 Å². The predicted octanol–water partition coefficient (Wildman–Crippen LogP) is 3.14. The Bertz CT molecular complexity index is 720. The summed E-state index contributed by atoms with van der Waals surface area (Å²) in [4.78, 5) is 12.6. The van der Waals surface area contributed by atoms with Gasteiger partial charge in [0.2, 0.25) is 11.1 Å². The van der Waals surface area contributed by atoms with Gasteiger partial charge in [0.05, 0.1) is 11.8 Å². The molecule has 3 rings (SSSR count). The molecular formula is C19H27N5OS. The molecule has 1 fully saturated rings. The molecule has 7 heteroatoms. The first-order valence-corrected chi connectivity index (χ1v) is 10.2. The molecule has 0 aliphatic heterocycles. The fourth-order valence-electron chi connectivity index (χ4n) is 3.43. The molecule has 0 saturated heterocycles. The van der Waals surface area contributed by atoms with Crippen molar-refractivity contribution in [3.8, 4) is 0 Å². The molecule has 4 atom stereocenters. The molecule has 26 heavy (non-hydrogen) atoms. The average molecular weight is 374 g/mol. The van der Waals surface area contributed by atoms with E-state index in [9.17, 15) is 4.79 Å². The number of hydrogen-bond donors (Lipinski definition) is 1. The summed E-state index contributed by atoms with van der Waals surface area (Å²) in [5.41, 5.74) is 1.13. The number of carbonyl (C=O) groups excluding carboxylic acids is 1. The van der Waals surface area contributed by atoms with E-state index < -0.39 is 0 Å². The molecule has 0 bridgehead atoms. The van der Waals surface area contributed by atoms with Crippen molar-refractivity contribution in [3.63, 3.8) is 0 Å². The lowest BCUT2D eigenvalue weighted by Gasteiger charge is -2.35. The van der Waals surface area contributed by atoms with Gasteiger partial charge < -0.3 is 5.32 Å². The summed E-state index contributed by atoms with van der Waals surface area (Å²) in [6.07, 6.45) is 3.51. The van der Waals surface area contributed by atoms with Gasteiger partial charge in [-0.2, -0.15) is 0 Å². The van der Waals surface area contributed by atoms with Crippen molar-refractivity contribution >= 4 is 17.7 Å². The van der Waals surface area contributed by atoms with Crippen molar-refractivity contribution in [1.29, 1.82) is 0 Å². The highest BCUT2D eigenvalue weighted by atomic mass is 32.2. The zero-order chi connectivity index (χ0) is 18.5. The Hall–Kier alpha value is -1.89. The first-order chi connectivity index (χ1) is 12.5. The zero-order valence-electron chi connectivity index (χ0n) is 15.6.